The Labute approximate surface area is 218 Å². The van der Waals surface area contributed by atoms with Gasteiger partial charge < -0.3 is 65.5 Å². The fourth-order valence-electron chi connectivity index (χ4n) is 4.31. The predicted molar refractivity (Wildman–Crippen MR) is 123 cm³/mol. The number of H-pyrrole nitrogens is 2. The molecule has 18 heteroatoms. The van der Waals surface area contributed by atoms with Crippen molar-refractivity contribution in [3.05, 3.63) is 37.9 Å². The number of rotatable bonds is 10. The number of fused-ring (bicyclic) bond motifs is 1. The third-order valence-electron chi connectivity index (χ3n) is 6.27. The lowest BCUT2D eigenvalue weighted by atomic mass is 9.81. The van der Waals surface area contributed by atoms with Crippen LogP contribution in [0.3, 0.4) is 0 Å². The van der Waals surface area contributed by atoms with Crippen molar-refractivity contribution in [2.45, 2.75) is 68.0 Å². The molecule has 0 saturated carbocycles. The predicted octanol–water partition coefficient (Wildman–Crippen LogP) is -6.47. The normalized spacial score (nSPS) is 30.1. The highest BCUT2D eigenvalue weighted by molar-refractivity contribution is 5.91. The number of nitrogens with one attached hydrogen (secondary N) is 2. The zero-order valence-corrected chi connectivity index (χ0v) is 20.4. The molecule has 2 aliphatic heterocycles. The minimum atomic E-state index is -2.32. The molecule has 1 saturated heterocycles. The summed E-state index contributed by atoms with van der Waals surface area (Å²) in [5.41, 5.74) is 2.44. The van der Waals surface area contributed by atoms with Crippen LogP contribution in [0.25, 0.3) is 0 Å². The average Bonchev–Trinajstić information content (AvgIpc) is 2.89. The van der Waals surface area contributed by atoms with Gasteiger partial charge in [0.05, 0.1) is 37.4 Å². The molecule has 18 nitrogen and oxygen atoms in total. The van der Waals surface area contributed by atoms with Crippen LogP contribution in [0, 0.1) is 0 Å². The van der Waals surface area contributed by atoms with Crippen molar-refractivity contribution < 1.29 is 64.6 Å². The van der Waals surface area contributed by atoms with Crippen LogP contribution in [0.2, 0.25) is 0 Å². The van der Waals surface area contributed by atoms with Crippen molar-refractivity contribution in [2.75, 3.05) is 19.8 Å². The van der Waals surface area contributed by atoms with E-state index < -0.39 is 114 Å². The highest BCUT2D eigenvalue weighted by Gasteiger charge is 2.50. The van der Waals surface area contributed by atoms with Crippen molar-refractivity contribution in [1.29, 1.82) is 0 Å². The number of esters is 1. The van der Waals surface area contributed by atoms with E-state index in [1.807, 2.05) is 4.98 Å². The van der Waals surface area contributed by atoms with Crippen molar-refractivity contribution >= 4 is 5.97 Å². The molecule has 0 bridgehead atoms. The number of carbonyl (C=O) groups is 1. The molecule has 12 N–H and O–H groups in total. The maximum atomic E-state index is 12.7. The maximum Gasteiger partial charge on any atom is 0.340 e. The van der Waals surface area contributed by atoms with E-state index in [0.29, 0.717) is 0 Å². The number of nitrogens with two attached hydrogens (primary N) is 1. The zero-order valence-electron chi connectivity index (χ0n) is 20.4. The largest absolute Gasteiger partial charge is 0.462 e. The summed E-state index contributed by atoms with van der Waals surface area (Å²) in [6.07, 6.45) is -17.7. The van der Waals surface area contributed by atoms with Gasteiger partial charge in [0.15, 0.2) is 6.29 Å². The first kappa shape index (κ1) is 30.6. The van der Waals surface area contributed by atoms with Crippen LogP contribution in [0.5, 0.6) is 5.88 Å². The number of hydrogen-bond acceptors (Lipinski definition) is 16. The summed E-state index contributed by atoms with van der Waals surface area (Å²) >= 11 is 0. The Morgan fingerprint density at radius 1 is 1.08 bits per heavy atom. The first-order valence-corrected chi connectivity index (χ1v) is 11.7. The fourth-order valence-corrected chi connectivity index (χ4v) is 4.31. The molecule has 3 rings (SSSR count). The first-order chi connectivity index (χ1) is 18.4. The lowest BCUT2D eigenvalue weighted by molar-refractivity contribution is -0.327. The van der Waals surface area contributed by atoms with Crippen molar-refractivity contribution in [2.24, 2.45) is 5.73 Å². The monoisotopic (exact) mass is 565 g/mol. The van der Waals surface area contributed by atoms with Crippen LogP contribution in [0.1, 0.15) is 18.4 Å². The van der Waals surface area contributed by atoms with Gasteiger partial charge in [-0.05, 0) is 6.92 Å². The Hall–Kier alpha value is -2.91. The van der Waals surface area contributed by atoms with E-state index in [1.54, 1.807) is 0 Å². The van der Waals surface area contributed by atoms with Crippen molar-refractivity contribution in [3.8, 4) is 5.88 Å². The van der Waals surface area contributed by atoms with Gasteiger partial charge in [0, 0.05) is 0 Å². The standard InChI is InChI=1S/C21H31N3O15/c1-2-36-19(34)8-7(9-17(33)23-21(35)24-18(9)39-16(8)22)11(29)13(31)15(5(27)3-25)38-20-14(32)12(30)10(28)6(4-26)37-20/h5-7,10-15,20,25-32H,2-4,22H2,1H3,(H2,23,24,33,35)/t5-,6-,7?,10-,11+,12+,13-,14-,15-,20-/m1/s1. The molecule has 39 heavy (non-hydrogen) atoms. The number of aliphatic hydroxyl groups excluding tert-OH is 8. The SMILES string of the molecule is CCOC(=O)C1=C(N)Oc2[nH]c(=O)[nH]c(=O)c2C1[C@H](O)[C@@H](O)[C@H](O[C@H]1O[C@H](CO)[C@@H](O)[C@H](O)[C@H]1O)[C@H](O)CO. The van der Waals surface area contributed by atoms with Gasteiger partial charge >= 0.3 is 11.7 Å². The quantitative estimate of drug-likeness (QED) is 0.117. The molecule has 220 valence electrons. The smallest absolute Gasteiger partial charge is 0.340 e. The third kappa shape index (κ3) is 5.99. The molecule has 0 radical (unpaired) electrons. The highest BCUT2D eigenvalue weighted by Crippen LogP contribution is 2.39. The van der Waals surface area contributed by atoms with E-state index in [4.69, 9.17) is 24.7 Å². The summed E-state index contributed by atoms with van der Waals surface area (Å²) in [5, 5.41) is 81.9. The number of hydrogen-bond donors (Lipinski definition) is 11. The number of carbonyl (C=O) groups excluding carboxylic acids is 1. The molecular formula is C21H31N3O15. The molecule has 3 heterocycles. The molecule has 1 aromatic rings. The molecule has 0 amide bonds. The van der Waals surface area contributed by atoms with E-state index in [0.717, 1.165) is 0 Å². The second-order valence-corrected chi connectivity index (χ2v) is 8.76. The van der Waals surface area contributed by atoms with E-state index in [-0.39, 0.29) is 6.61 Å². The van der Waals surface area contributed by atoms with E-state index in [2.05, 4.69) is 4.98 Å². The van der Waals surface area contributed by atoms with Crippen LogP contribution >= 0.6 is 0 Å². The van der Waals surface area contributed by atoms with Crippen molar-refractivity contribution in [1.82, 2.24) is 9.97 Å². The number of aromatic amines is 2. The lowest BCUT2D eigenvalue weighted by Gasteiger charge is -2.43. The zero-order chi connectivity index (χ0) is 29.2. The van der Waals surface area contributed by atoms with Gasteiger partial charge in [0.1, 0.15) is 48.3 Å². The second-order valence-electron chi connectivity index (χ2n) is 8.76. The van der Waals surface area contributed by atoms with Crippen LogP contribution in [-0.2, 0) is 19.0 Å². The molecular weight excluding hydrogens is 534 g/mol. The summed E-state index contributed by atoms with van der Waals surface area (Å²) in [5.74, 6) is -4.31. The Morgan fingerprint density at radius 2 is 1.74 bits per heavy atom. The average molecular weight is 565 g/mol. The van der Waals surface area contributed by atoms with Gasteiger partial charge in [-0.1, -0.05) is 0 Å². The molecule has 1 aromatic heterocycles. The molecule has 0 aromatic carbocycles. The maximum absolute atomic E-state index is 12.7. The van der Waals surface area contributed by atoms with Gasteiger partial charge in [-0.2, -0.15) is 0 Å². The number of ether oxygens (including phenoxy) is 4. The van der Waals surface area contributed by atoms with Gasteiger partial charge in [-0.15, -0.1) is 0 Å². The van der Waals surface area contributed by atoms with Crippen molar-refractivity contribution in [3.63, 3.8) is 0 Å². The molecule has 2 aliphatic rings. The summed E-state index contributed by atoms with van der Waals surface area (Å²) in [6, 6.07) is 0. The fraction of sp³-hybridized carbons (Fsp3) is 0.667. The summed E-state index contributed by atoms with van der Waals surface area (Å²) < 4.78 is 20.7. The lowest BCUT2D eigenvalue weighted by Crippen LogP contribution is -2.61. The molecule has 0 spiro atoms. The van der Waals surface area contributed by atoms with Crippen LogP contribution in [0.4, 0.5) is 0 Å². The van der Waals surface area contributed by atoms with Crippen LogP contribution < -0.4 is 21.7 Å². The van der Waals surface area contributed by atoms with E-state index in [9.17, 15) is 55.2 Å². The molecule has 0 aliphatic carbocycles. The topological polar surface area (TPSA) is 308 Å². The summed E-state index contributed by atoms with van der Waals surface area (Å²) in [6.45, 7) is -0.663. The Balaban J connectivity index is 2.04. The van der Waals surface area contributed by atoms with Crippen LogP contribution in [0.15, 0.2) is 21.0 Å². The van der Waals surface area contributed by atoms with Gasteiger partial charge in [-0.25, -0.2) is 9.59 Å². The Morgan fingerprint density at radius 3 is 2.33 bits per heavy atom. The van der Waals surface area contributed by atoms with Gasteiger partial charge in [-0.3, -0.25) is 14.8 Å². The number of aliphatic hydroxyl groups is 8. The minimum absolute atomic E-state index is 0.179. The summed E-state index contributed by atoms with van der Waals surface area (Å²) in [4.78, 5) is 41.2. The second kappa shape index (κ2) is 12.5. The molecule has 10 atom stereocenters. The highest BCUT2D eigenvalue weighted by atomic mass is 16.7. The van der Waals surface area contributed by atoms with Crippen LogP contribution in [-0.4, -0.2) is 132 Å². The van der Waals surface area contributed by atoms with E-state index >= 15 is 0 Å². The van der Waals surface area contributed by atoms with Gasteiger partial charge in [0.2, 0.25) is 11.8 Å². The number of aromatic nitrogens is 2. The molecule has 1 fully saturated rings. The Kier molecular flexibility index (Phi) is 9.83. The minimum Gasteiger partial charge on any atom is -0.462 e. The third-order valence-corrected chi connectivity index (χ3v) is 6.27. The van der Waals surface area contributed by atoms with Gasteiger partial charge in [0.25, 0.3) is 5.56 Å². The summed E-state index contributed by atoms with van der Waals surface area (Å²) in [7, 11) is 0. The molecule has 1 unspecified atom stereocenters. The Bertz CT molecular complexity index is 1170. The van der Waals surface area contributed by atoms with E-state index in [1.165, 1.54) is 6.92 Å². The first-order valence-electron chi connectivity index (χ1n) is 11.7.